The summed E-state index contributed by atoms with van der Waals surface area (Å²) in [5, 5.41) is 4.01. The normalized spacial score (nSPS) is 12.0. The van der Waals surface area contributed by atoms with Crippen LogP contribution in [0.25, 0.3) is 0 Å². The molecule has 1 atom stereocenters. The Balaban J connectivity index is 2.12. The quantitative estimate of drug-likeness (QED) is 0.409. The molecule has 0 fully saturated rings. The molecule has 174 valence electrons. The third-order valence-electron chi connectivity index (χ3n) is 4.98. The average Bonchev–Trinajstić information content (AvgIpc) is 2.74. The van der Waals surface area contributed by atoms with Crippen LogP contribution in [0.3, 0.4) is 0 Å². The fourth-order valence-electron chi connectivity index (χ4n) is 3.32. The van der Waals surface area contributed by atoms with E-state index in [1.54, 1.807) is 11.0 Å². The number of carbonyl (C=O) groups is 2. The molecule has 0 saturated heterocycles. The molecule has 0 heterocycles. The summed E-state index contributed by atoms with van der Waals surface area (Å²) in [7, 11) is 0. The van der Waals surface area contributed by atoms with Crippen molar-refractivity contribution < 1.29 is 9.59 Å². The van der Waals surface area contributed by atoms with Gasteiger partial charge in [-0.2, -0.15) is 0 Å². The molecular formula is C25H32Cl2N2O2S. The van der Waals surface area contributed by atoms with Gasteiger partial charge in [-0.25, -0.2) is 0 Å². The number of halogens is 2. The van der Waals surface area contributed by atoms with Crippen molar-refractivity contribution in [3.05, 3.63) is 69.2 Å². The fourth-order valence-corrected chi connectivity index (χ4v) is 4.50. The molecule has 0 aliphatic carbocycles. The molecule has 0 saturated carbocycles. The summed E-state index contributed by atoms with van der Waals surface area (Å²) in [6, 6.07) is 13.0. The van der Waals surface area contributed by atoms with Gasteiger partial charge >= 0.3 is 0 Å². The van der Waals surface area contributed by atoms with Crippen LogP contribution in [0.5, 0.6) is 0 Å². The van der Waals surface area contributed by atoms with E-state index in [0.717, 1.165) is 16.7 Å². The summed E-state index contributed by atoms with van der Waals surface area (Å²) in [4.78, 5) is 27.9. The Bertz CT molecular complexity index is 921. The number of rotatable bonds is 11. The summed E-state index contributed by atoms with van der Waals surface area (Å²) in [6.07, 6.45) is 0.555. The van der Waals surface area contributed by atoms with E-state index in [1.807, 2.05) is 44.2 Å². The lowest BCUT2D eigenvalue weighted by molar-refractivity contribution is -0.139. The van der Waals surface area contributed by atoms with E-state index in [4.69, 9.17) is 23.2 Å². The summed E-state index contributed by atoms with van der Waals surface area (Å²) < 4.78 is 0. The number of carbonyl (C=O) groups excluding carboxylic acids is 2. The van der Waals surface area contributed by atoms with Gasteiger partial charge in [0.15, 0.2) is 0 Å². The number of hydrogen-bond donors (Lipinski definition) is 1. The van der Waals surface area contributed by atoms with Crippen LogP contribution in [0.1, 0.15) is 43.9 Å². The highest BCUT2D eigenvalue weighted by Crippen LogP contribution is 2.25. The average molecular weight is 496 g/mol. The minimum absolute atomic E-state index is 0.0527. The molecule has 2 aromatic rings. The lowest BCUT2D eigenvalue weighted by Gasteiger charge is -2.31. The van der Waals surface area contributed by atoms with Crippen LogP contribution >= 0.6 is 35.0 Å². The number of nitrogens with zero attached hydrogens (tertiary/aromatic N) is 1. The maximum atomic E-state index is 13.3. The van der Waals surface area contributed by atoms with Crippen molar-refractivity contribution in [2.45, 2.75) is 52.5 Å². The van der Waals surface area contributed by atoms with E-state index >= 15 is 0 Å². The molecule has 0 bridgehead atoms. The maximum Gasteiger partial charge on any atom is 0.242 e. The highest BCUT2D eigenvalue weighted by atomic mass is 35.5. The van der Waals surface area contributed by atoms with E-state index < -0.39 is 6.04 Å². The second-order valence-corrected chi connectivity index (χ2v) is 10.1. The smallest absolute Gasteiger partial charge is 0.242 e. The zero-order valence-electron chi connectivity index (χ0n) is 19.2. The van der Waals surface area contributed by atoms with Crippen molar-refractivity contribution in [3.63, 3.8) is 0 Å². The Morgan fingerprint density at radius 2 is 1.81 bits per heavy atom. The lowest BCUT2D eigenvalue weighted by Crippen LogP contribution is -2.50. The van der Waals surface area contributed by atoms with Gasteiger partial charge in [-0.05, 0) is 42.5 Å². The van der Waals surface area contributed by atoms with Gasteiger partial charge in [0, 0.05) is 18.8 Å². The van der Waals surface area contributed by atoms with Crippen molar-refractivity contribution in [1.82, 2.24) is 10.2 Å². The van der Waals surface area contributed by atoms with Crippen LogP contribution < -0.4 is 5.32 Å². The highest BCUT2D eigenvalue weighted by molar-refractivity contribution is 7.99. The number of thioether (sulfide) groups is 1. The third kappa shape index (κ3) is 8.34. The standard InChI is InChI=1S/C25H32Cl2N2O2S/c1-5-23(25(31)28-13-17(2)3)29(14-19-8-6-7-18(4)11-19)24(30)16-32-15-20-9-10-21(26)22(27)12-20/h6-12,17,23H,5,13-16H2,1-4H3,(H,28,31)/t23-/m1/s1. The van der Waals surface area contributed by atoms with Gasteiger partial charge in [0.25, 0.3) is 0 Å². The van der Waals surface area contributed by atoms with Gasteiger partial charge in [0.05, 0.1) is 15.8 Å². The highest BCUT2D eigenvalue weighted by Gasteiger charge is 2.28. The molecular weight excluding hydrogens is 463 g/mol. The number of amides is 2. The summed E-state index contributed by atoms with van der Waals surface area (Å²) in [6.45, 7) is 9.07. The molecule has 4 nitrogen and oxygen atoms in total. The first-order valence-corrected chi connectivity index (χ1v) is 12.8. The van der Waals surface area contributed by atoms with Crippen LogP contribution in [-0.2, 0) is 21.9 Å². The van der Waals surface area contributed by atoms with Crippen LogP contribution in [0.4, 0.5) is 0 Å². The fraction of sp³-hybridized carbons (Fsp3) is 0.440. The minimum Gasteiger partial charge on any atom is -0.354 e. The topological polar surface area (TPSA) is 49.4 Å². The second kappa shape index (κ2) is 13.1. The molecule has 7 heteroatoms. The Labute approximate surface area is 206 Å². The van der Waals surface area contributed by atoms with E-state index in [2.05, 4.69) is 25.2 Å². The first kappa shape index (κ1) is 26.6. The second-order valence-electron chi connectivity index (χ2n) is 8.31. The van der Waals surface area contributed by atoms with E-state index in [0.29, 0.717) is 41.2 Å². The van der Waals surface area contributed by atoms with Gasteiger partial charge < -0.3 is 10.2 Å². The number of aryl methyl sites for hydroxylation is 1. The van der Waals surface area contributed by atoms with Gasteiger partial charge in [-0.3, -0.25) is 9.59 Å². The molecule has 1 N–H and O–H groups in total. The molecule has 2 aromatic carbocycles. The van der Waals surface area contributed by atoms with Crippen molar-refractivity contribution >= 4 is 46.8 Å². The van der Waals surface area contributed by atoms with Crippen LogP contribution in [-0.4, -0.2) is 35.1 Å². The Hall–Kier alpha value is -1.69. The van der Waals surface area contributed by atoms with Crippen molar-refractivity contribution in [1.29, 1.82) is 0 Å². The van der Waals surface area contributed by atoms with E-state index in [9.17, 15) is 9.59 Å². The first-order valence-electron chi connectivity index (χ1n) is 10.9. The van der Waals surface area contributed by atoms with Gasteiger partial charge in [0.2, 0.25) is 11.8 Å². The predicted molar refractivity (Wildman–Crippen MR) is 136 cm³/mol. The van der Waals surface area contributed by atoms with Crippen LogP contribution in [0.15, 0.2) is 42.5 Å². The molecule has 0 aliphatic heterocycles. The molecule has 0 spiro atoms. The molecule has 0 aliphatic rings. The molecule has 0 radical (unpaired) electrons. The third-order valence-corrected chi connectivity index (χ3v) is 6.71. The van der Waals surface area contributed by atoms with Gasteiger partial charge in [-0.15, -0.1) is 11.8 Å². The van der Waals surface area contributed by atoms with Crippen molar-refractivity contribution in [3.8, 4) is 0 Å². The van der Waals surface area contributed by atoms with Gasteiger partial charge in [-0.1, -0.05) is 79.9 Å². The first-order chi connectivity index (χ1) is 15.2. The maximum absolute atomic E-state index is 13.3. The number of nitrogens with one attached hydrogen (secondary N) is 1. The Morgan fingerprint density at radius 3 is 2.44 bits per heavy atom. The lowest BCUT2D eigenvalue weighted by atomic mass is 10.1. The van der Waals surface area contributed by atoms with Crippen molar-refractivity contribution in [2.75, 3.05) is 12.3 Å². The zero-order valence-corrected chi connectivity index (χ0v) is 21.5. The molecule has 2 amide bonds. The monoisotopic (exact) mass is 494 g/mol. The summed E-state index contributed by atoms with van der Waals surface area (Å²) in [5.41, 5.74) is 3.15. The van der Waals surface area contributed by atoms with Crippen LogP contribution in [0.2, 0.25) is 10.0 Å². The zero-order chi connectivity index (χ0) is 23.7. The SMILES string of the molecule is CC[C@H](C(=O)NCC(C)C)N(Cc1cccc(C)c1)C(=O)CSCc1ccc(Cl)c(Cl)c1. The van der Waals surface area contributed by atoms with E-state index in [-0.39, 0.29) is 17.6 Å². The van der Waals surface area contributed by atoms with E-state index in [1.165, 1.54) is 11.8 Å². The molecule has 0 aromatic heterocycles. The summed E-state index contributed by atoms with van der Waals surface area (Å²) in [5.74, 6) is 1.11. The summed E-state index contributed by atoms with van der Waals surface area (Å²) >= 11 is 13.6. The minimum atomic E-state index is -0.507. The molecule has 2 rings (SSSR count). The van der Waals surface area contributed by atoms with Crippen molar-refractivity contribution in [2.24, 2.45) is 5.92 Å². The Kier molecular flexibility index (Phi) is 10.9. The number of benzene rings is 2. The predicted octanol–water partition coefficient (Wildman–Crippen LogP) is 6.11. The molecule has 32 heavy (non-hydrogen) atoms. The largest absolute Gasteiger partial charge is 0.354 e. The Morgan fingerprint density at radius 1 is 1.06 bits per heavy atom. The van der Waals surface area contributed by atoms with Gasteiger partial charge in [0.1, 0.15) is 6.04 Å². The molecule has 0 unspecified atom stereocenters. The number of hydrogen-bond acceptors (Lipinski definition) is 3. The van der Waals surface area contributed by atoms with Crippen LogP contribution in [0, 0.1) is 12.8 Å².